The van der Waals surface area contributed by atoms with Crippen molar-refractivity contribution in [2.45, 2.75) is 51.0 Å². The summed E-state index contributed by atoms with van der Waals surface area (Å²) in [6, 6.07) is 20.3. The molecule has 0 fully saturated rings. The van der Waals surface area contributed by atoms with E-state index >= 15 is 0 Å². The Labute approximate surface area is 193 Å². The predicted molar refractivity (Wildman–Crippen MR) is 129 cm³/mol. The zero-order chi connectivity index (χ0) is 22.5. The first-order valence-corrected chi connectivity index (χ1v) is 12.0. The molecule has 2 atom stereocenters. The van der Waals surface area contributed by atoms with Gasteiger partial charge in [0.15, 0.2) is 5.13 Å². The molecule has 166 valence electrons. The highest BCUT2D eigenvalue weighted by atomic mass is 32.1. The van der Waals surface area contributed by atoms with Crippen LogP contribution in [0.3, 0.4) is 0 Å². The summed E-state index contributed by atoms with van der Waals surface area (Å²) in [4.78, 5) is 32.7. The first-order chi connectivity index (χ1) is 15.5. The van der Waals surface area contributed by atoms with E-state index in [1.165, 1.54) is 10.4 Å². The number of carbonyl (C=O) groups is 2. The van der Waals surface area contributed by atoms with E-state index in [9.17, 15) is 9.59 Å². The number of hydrogen-bond donors (Lipinski definition) is 1. The number of nitrogens with zero attached hydrogens (tertiary/aromatic N) is 2. The standard InChI is InChI=1S/C26H29N3O2S/c1-18(19-9-5-3-6-10-19)27-24(30)15-16-25(31)29(2)26-28-22-14-13-21(17-23(22)32-26)20-11-7-4-8-12-20/h3-12,18,21H,13-17H2,1-2H3,(H,27,30)/t18-,21-/m1/s1. The normalized spacial score (nSPS) is 16.1. The molecule has 0 aliphatic heterocycles. The van der Waals surface area contributed by atoms with E-state index in [2.05, 4.69) is 29.6 Å². The Morgan fingerprint density at radius 3 is 2.50 bits per heavy atom. The van der Waals surface area contributed by atoms with Gasteiger partial charge in [-0.1, -0.05) is 60.7 Å². The minimum absolute atomic E-state index is 0.0835. The van der Waals surface area contributed by atoms with Crippen molar-refractivity contribution in [2.24, 2.45) is 0 Å². The van der Waals surface area contributed by atoms with Crippen LogP contribution in [0.25, 0.3) is 0 Å². The fraction of sp³-hybridized carbons (Fsp3) is 0.346. The number of rotatable bonds is 7. The zero-order valence-electron chi connectivity index (χ0n) is 18.6. The maximum atomic E-state index is 12.7. The summed E-state index contributed by atoms with van der Waals surface area (Å²) in [6.45, 7) is 1.95. The zero-order valence-corrected chi connectivity index (χ0v) is 19.4. The van der Waals surface area contributed by atoms with Gasteiger partial charge in [-0.3, -0.25) is 14.5 Å². The van der Waals surface area contributed by atoms with Crippen LogP contribution in [-0.2, 0) is 22.4 Å². The van der Waals surface area contributed by atoms with Crippen molar-refractivity contribution in [2.75, 3.05) is 11.9 Å². The van der Waals surface area contributed by atoms with E-state index in [4.69, 9.17) is 4.98 Å². The van der Waals surface area contributed by atoms with Crippen molar-refractivity contribution in [1.29, 1.82) is 0 Å². The monoisotopic (exact) mass is 447 g/mol. The second-order valence-electron chi connectivity index (χ2n) is 8.37. The molecule has 32 heavy (non-hydrogen) atoms. The lowest BCUT2D eigenvalue weighted by molar-refractivity contribution is -0.125. The van der Waals surface area contributed by atoms with Crippen molar-refractivity contribution in [1.82, 2.24) is 10.3 Å². The van der Waals surface area contributed by atoms with Crippen LogP contribution in [0.5, 0.6) is 0 Å². The molecule has 0 unspecified atom stereocenters. The van der Waals surface area contributed by atoms with Crippen LogP contribution in [0.2, 0.25) is 0 Å². The lowest BCUT2D eigenvalue weighted by Crippen LogP contribution is -2.30. The number of carbonyl (C=O) groups excluding carboxylic acids is 2. The lowest BCUT2D eigenvalue weighted by atomic mass is 9.85. The topological polar surface area (TPSA) is 62.3 Å². The molecule has 1 aromatic heterocycles. The van der Waals surface area contributed by atoms with Gasteiger partial charge in [-0.15, -0.1) is 11.3 Å². The van der Waals surface area contributed by atoms with Crippen LogP contribution in [-0.4, -0.2) is 23.8 Å². The molecule has 1 N–H and O–H groups in total. The average Bonchev–Trinajstić information content (AvgIpc) is 3.26. The van der Waals surface area contributed by atoms with Crippen LogP contribution in [0.4, 0.5) is 5.13 Å². The number of aromatic nitrogens is 1. The molecular weight excluding hydrogens is 418 g/mol. The number of benzene rings is 2. The van der Waals surface area contributed by atoms with Gasteiger partial charge in [-0.05, 0) is 43.2 Å². The molecule has 0 saturated carbocycles. The van der Waals surface area contributed by atoms with Gasteiger partial charge in [-0.25, -0.2) is 4.98 Å². The molecule has 0 spiro atoms. The molecule has 1 heterocycles. The van der Waals surface area contributed by atoms with Crippen molar-refractivity contribution in [3.8, 4) is 0 Å². The molecule has 6 heteroatoms. The van der Waals surface area contributed by atoms with E-state index in [1.807, 2.05) is 43.3 Å². The molecule has 1 aliphatic rings. The van der Waals surface area contributed by atoms with E-state index < -0.39 is 0 Å². The summed E-state index contributed by atoms with van der Waals surface area (Å²) in [6.07, 6.45) is 3.33. The largest absolute Gasteiger partial charge is 0.350 e. The minimum atomic E-state index is -0.118. The van der Waals surface area contributed by atoms with Gasteiger partial charge in [0.2, 0.25) is 11.8 Å². The summed E-state index contributed by atoms with van der Waals surface area (Å²) in [5, 5.41) is 3.70. The van der Waals surface area contributed by atoms with Gasteiger partial charge in [0.25, 0.3) is 0 Å². The van der Waals surface area contributed by atoms with E-state index in [0.29, 0.717) is 5.92 Å². The maximum Gasteiger partial charge on any atom is 0.229 e. The van der Waals surface area contributed by atoms with E-state index in [0.717, 1.165) is 35.7 Å². The molecule has 0 radical (unpaired) electrons. The number of thiazole rings is 1. The Balaban J connectivity index is 1.31. The van der Waals surface area contributed by atoms with Gasteiger partial charge in [0.05, 0.1) is 11.7 Å². The number of aryl methyl sites for hydroxylation is 1. The molecule has 4 rings (SSSR count). The first-order valence-electron chi connectivity index (χ1n) is 11.2. The summed E-state index contributed by atoms with van der Waals surface area (Å²) >= 11 is 1.61. The van der Waals surface area contributed by atoms with Crippen molar-refractivity contribution >= 4 is 28.3 Å². The van der Waals surface area contributed by atoms with Gasteiger partial charge < -0.3 is 5.32 Å². The minimum Gasteiger partial charge on any atom is -0.350 e. The third-order valence-corrected chi connectivity index (χ3v) is 7.30. The predicted octanol–water partition coefficient (Wildman–Crippen LogP) is 5.04. The second kappa shape index (κ2) is 10.1. The van der Waals surface area contributed by atoms with Gasteiger partial charge in [0.1, 0.15) is 0 Å². The Morgan fingerprint density at radius 2 is 1.78 bits per heavy atom. The number of nitrogens with one attached hydrogen (secondary N) is 1. The van der Waals surface area contributed by atoms with E-state index in [-0.39, 0.29) is 30.7 Å². The van der Waals surface area contributed by atoms with Crippen molar-refractivity contribution in [3.05, 3.63) is 82.4 Å². The maximum absolute atomic E-state index is 12.7. The SMILES string of the molecule is C[C@@H](NC(=O)CCC(=O)N(C)c1nc2c(s1)C[C@H](c1ccccc1)CC2)c1ccccc1. The van der Waals surface area contributed by atoms with Crippen LogP contribution in [0.15, 0.2) is 60.7 Å². The van der Waals surface area contributed by atoms with Crippen LogP contribution < -0.4 is 10.2 Å². The highest BCUT2D eigenvalue weighted by molar-refractivity contribution is 7.16. The van der Waals surface area contributed by atoms with Gasteiger partial charge >= 0.3 is 0 Å². The van der Waals surface area contributed by atoms with Crippen LogP contribution >= 0.6 is 11.3 Å². The third-order valence-electron chi connectivity index (χ3n) is 6.10. The highest BCUT2D eigenvalue weighted by Crippen LogP contribution is 2.37. The molecule has 2 amide bonds. The van der Waals surface area contributed by atoms with Gasteiger partial charge in [-0.2, -0.15) is 0 Å². The molecular formula is C26H29N3O2S. The molecule has 1 aliphatic carbocycles. The number of anilines is 1. The van der Waals surface area contributed by atoms with Crippen molar-refractivity contribution in [3.63, 3.8) is 0 Å². The smallest absolute Gasteiger partial charge is 0.229 e. The Kier molecular flexibility index (Phi) is 7.00. The number of fused-ring (bicyclic) bond motifs is 1. The second-order valence-corrected chi connectivity index (χ2v) is 9.43. The lowest BCUT2D eigenvalue weighted by Gasteiger charge is -2.21. The summed E-state index contributed by atoms with van der Waals surface area (Å²) in [7, 11) is 1.76. The highest BCUT2D eigenvalue weighted by Gasteiger charge is 2.26. The third kappa shape index (κ3) is 5.25. The van der Waals surface area contributed by atoms with Crippen molar-refractivity contribution < 1.29 is 9.59 Å². The molecule has 0 saturated heterocycles. The summed E-state index contributed by atoms with van der Waals surface area (Å²) in [5.41, 5.74) is 3.53. The fourth-order valence-electron chi connectivity index (χ4n) is 4.15. The molecule has 5 nitrogen and oxygen atoms in total. The average molecular weight is 448 g/mol. The molecule has 3 aromatic rings. The summed E-state index contributed by atoms with van der Waals surface area (Å²) in [5.74, 6) is 0.304. The fourth-order valence-corrected chi connectivity index (χ4v) is 5.31. The van der Waals surface area contributed by atoms with Crippen LogP contribution in [0.1, 0.15) is 59.8 Å². The molecule has 2 aromatic carbocycles. The molecule has 0 bridgehead atoms. The summed E-state index contributed by atoms with van der Waals surface area (Å²) < 4.78 is 0. The number of amides is 2. The quantitative estimate of drug-likeness (QED) is 0.552. The Morgan fingerprint density at radius 1 is 1.09 bits per heavy atom. The number of hydrogen-bond acceptors (Lipinski definition) is 4. The first kappa shape index (κ1) is 22.2. The van der Waals surface area contributed by atoms with E-state index in [1.54, 1.807) is 23.3 Å². The van der Waals surface area contributed by atoms with Gasteiger partial charge in [0, 0.05) is 24.8 Å². The van der Waals surface area contributed by atoms with Crippen LogP contribution in [0, 0.1) is 0 Å². The Bertz CT molecular complexity index is 1070. The Hall–Kier alpha value is -2.99.